The van der Waals surface area contributed by atoms with Crippen LogP contribution in [0.4, 0.5) is 8.78 Å². The zero-order chi connectivity index (χ0) is 25.1. The molecule has 0 amide bonds. The number of aromatic hydroxyl groups is 1. The third-order valence-corrected chi connectivity index (χ3v) is 7.30. The number of nitrogens with zero attached hydrogens (tertiary/aromatic N) is 1. The van der Waals surface area contributed by atoms with Gasteiger partial charge in [0.2, 0.25) is 0 Å². The smallest absolute Gasteiger partial charge is 0.167 e. The first kappa shape index (κ1) is 25.0. The molecule has 4 rings (SSSR count). The molecule has 1 fully saturated rings. The molecular formula is C29H32F2N2O2. The average molecular weight is 479 g/mol. The molecule has 3 aromatic carbocycles. The summed E-state index contributed by atoms with van der Waals surface area (Å²) in [5, 5.41) is 13.2. The van der Waals surface area contributed by atoms with Gasteiger partial charge in [-0.2, -0.15) is 0 Å². The van der Waals surface area contributed by atoms with Gasteiger partial charge in [-0.05, 0) is 67.4 Å². The molecule has 0 bridgehead atoms. The summed E-state index contributed by atoms with van der Waals surface area (Å²) < 4.78 is 29.5. The van der Waals surface area contributed by atoms with Crippen molar-refractivity contribution in [3.63, 3.8) is 0 Å². The lowest BCUT2D eigenvalue weighted by molar-refractivity contribution is 0.0741. The molecule has 3 aromatic rings. The average Bonchev–Trinajstić information content (AvgIpc) is 2.85. The van der Waals surface area contributed by atoms with Crippen molar-refractivity contribution in [1.29, 1.82) is 0 Å². The summed E-state index contributed by atoms with van der Waals surface area (Å²) in [5.41, 5.74) is 3.08. The number of likely N-dealkylation sites (tertiary alicyclic amines) is 1. The van der Waals surface area contributed by atoms with Crippen LogP contribution in [0.1, 0.15) is 44.4 Å². The zero-order valence-corrected chi connectivity index (χ0v) is 20.4. The Morgan fingerprint density at radius 2 is 1.60 bits per heavy atom. The number of ketones is 1. The Labute approximate surface area is 205 Å². The van der Waals surface area contributed by atoms with Crippen molar-refractivity contribution >= 4 is 5.78 Å². The fourth-order valence-electron chi connectivity index (χ4n) is 5.45. The number of Topliss-reactive ketones (excluding diaryl/α,β-unsaturated/α-hetero) is 1. The van der Waals surface area contributed by atoms with Gasteiger partial charge in [-0.25, -0.2) is 8.78 Å². The van der Waals surface area contributed by atoms with Crippen molar-refractivity contribution in [3.8, 4) is 5.75 Å². The highest BCUT2D eigenvalue weighted by Gasteiger charge is 2.43. The van der Waals surface area contributed by atoms with Gasteiger partial charge in [-0.1, -0.05) is 36.4 Å². The highest BCUT2D eigenvalue weighted by molar-refractivity contribution is 5.99. The second-order valence-corrected chi connectivity index (χ2v) is 9.42. The van der Waals surface area contributed by atoms with Gasteiger partial charge in [0.15, 0.2) is 5.78 Å². The first-order valence-corrected chi connectivity index (χ1v) is 12.0. The molecule has 1 saturated heterocycles. The van der Waals surface area contributed by atoms with Crippen LogP contribution in [0.15, 0.2) is 60.7 Å². The van der Waals surface area contributed by atoms with Crippen molar-refractivity contribution in [2.75, 3.05) is 33.2 Å². The molecule has 4 nitrogen and oxygen atoms in total. The minimum absolute atomic E-state index is 0.0229. The predicted octanol–water partition coefficient (Wildman–Crippen LogP) is 5.19. The van der Waals surface area contributed by atoms with E-state index in [-0.39, 0.29) is 35.0 Å². The molecule has 6 heteroatoms. The van der Waals surface area contributed by atoms with E-state index in [4.69, 9.17) is 0 Å². The molecule has 0 aromatic heterocycles. The Morgan fingerprint density at radius 1 is 0.971 bits per heavy atom. The molecule has 0 saturated carbocycles. The minimum Gasteiger partial charge on any atom is -0.508 e. The molecule has 0 radical (unpaired) electrons. The molecule has 0 spiro atoms. The molecule has 1 aliphatic rings. The molecule has 184 valence electrons. The number of rotatable bonds is 7. The van der Waals surface area contributed by atoms with Gasteiger partial charge in [0, 0.05) is 49.5 Å². The zero-order valence-electron chi connectivity index (χ0n) is 20.4. The van der Waals surface area contributed by atoms with E-state index in [0.717, 1.165) is 24.2 Å². The molecule has 1 heterocycles. The van der Waals surface area contributed by atoms with E-state index in [0.29, 0.717) is 29.8 Å². The van der Waals surface area contributed by atoms with Gasteiger partial charge in [0.05, 0.1) is 0 Å². The number of phenolic OH excluding ortho intramolecular Hbond substituents is 1. The van der Waals surface area contributed by atoms with Crippen LogP contribution in [-0.2, 0) is 0 Å². The van der Waals surface area contributed by atoms with Crippen molar-refractivity contribution in [3.05, 3.63) is 100 Å². The topological polar surface area (TPSA) is 52.6 Å². The van der Waals surface area contributed by atoms with Gasteiger partial charge in [-0.15, -0.1) is 0 Å². The van der Waals surface area contributed by atoms with E-state index in [9.17, 15) is 18.7 Å². The van der Waals surface area contributed by atoms with Crippen LogP contribution in [0.3, 0.4) is 0 Å². The quantitative estimate of drug-likeness (QED) is 0.459. The summed E-state index contributed by atoms with van der Waals surface area (Å²) in [7, 11) is 1.88. The molecule has 0 unspecified atom stereocenters. The third-order valence-electron chi connectivity index (χ3n) is 7.30. The van der Waals surface area contributed by atoms with Gasteiger partial charge >= 0.3 is 0 Å². The number of phenols is 1. The first-order chi connectivity index (χ1) is 16.8. The lowest BCUT2D eigenvalue weighted by Gasteiger charge is -2.45. The SMILES string of the molecule is CNCCN1C[C@H](C(=O)c2cccc(O)c2)[C@H](c2cccc(F)c2C)[C@@H](c2cccc(F)c2C)C1. The first-order valence-electron chi connectivity index (χ1n) is 12.0. The molecule has 1 aliphatic heterocycles. The van der Waals surface area contributed by atoms with E-state index < -0.39 is 5.92 Å². The van der Waals surface area contributed by atoms with Gasteiger partial charge < -0.3 is 15.3 Å². The standard InChI is InChI=1S/C29H32F2N2O2/c1-18-22(9-5-11-26(18)30)24-16-33(14-13-32-3)17-25(29(35)20-7-4-8-21(34)15-20)28(24)23-10-6-12-27(31)19(23)2/h4-12,15,24-25,28,32,34H,13-14,16-17H2,1-3H3/t24-,25+,28-/m1/s1. The van der Waals surface area contributed by atoms with Crippen molar-refractivity contribution in [2.45, 2.75) is 25.7 Å². The number of halogens is 2. The van der Waals surface area contributed by atoms with Crippen molar-refractivity contribution < 1.29 is 18.7 Å². The van der Waals surface area contributed by atoms with Gasteiger partial charge in [0.25, 0.3) is 0 Å². The Morgan fingerprint density at radius 3 is 2.26 bits per heavy atom. The molecular weight excluding hydrogens is 446 g/mol. The number of carbonyl (C=O) groups excluding carboxylic acids is 1. The van der Waals surface area contributed by atoms with Crippen LogP contribution >= 0.6 is 0 Å². The molecule has 0 aliphatic carbocycles. The lowest BCUT2D eigenvalue weighted by Crippen LogP contribution is -2.49. The Hall–Kier alpha value is -3.09. The number of hydrogen-bond donors (Lipinski definition) is 2. The fourth-order valence-corrected chi connectivity index (χ4v) is 5.45. The molecule has 35 heavy (non-hydrogen) atoms. The monoisotopic (exact) mass is 478 g/mol. The summed E-state index contributed by atoms with van der Waals surface area (Å²) in [6.45, 7) is 6.08. The van der Waals surface area contributed by atoms with Crippen LogP contribution in [0, 0.1) is 31.4 Å². The number of piperidine rings is 1. The normalized spacial score (nSPS) is 20.7. The second-order valence-electron chi connectivity index (χ2n) is 9.42. The van der Waals surface area contributed by atoms with Crippen molar-refractivity contribution in [1.82, 2.24) is 10.2 Å². The van der Waals surface area contributed by atoms with Crippen LogP contribution in [-0.4, -0.2) is 49.0 Å². The molecule has 2 N–H and O–H groups in total. The Bertz CT molecular complexity index is 1210. The summed E-state index contributed by atoms with van der Waals surface area (Å²) in [6.07, 6.45) is 0. The summed E-state index contributed by atoms with van der Waals surface area (Å²) in [6, 6.07) is 16.4. The minimum atomic E-state index is -0.504. The van der Waals surface area contributed by atoms with Gasteiger partial charge in [0.1, 0.15) is 17.4 Å². The van der Waals surface area contributed by atoms with E-state index in [1.165, 1.54) is 24.3 Å². The van der Waals surface area contributed by atoms with Crippen LogP contribution in [0.5, 0.6) is 5.75 Å². The summed E-state index contributed by atoms with van der Waals surface area (Å²) >= 11 is 0. The maximum absolute atomic E-state index is 14.8. The van der Waals surface area contributed by atoms with Crippen LogP contribution < -0.4 is 5.32 Å². The fraction of sp³-hybridized carbons (Fsp3) is 0.345. The molecule has 3 atom stereocenters. The summed E-state index contributed by atoms with van der Waals surface area (Å²) in [4.78, 5) is 16.2. The maximum Gasteiger partial charge on any atom is 0.167 e. The van der Waals surface area contributed by atoms with Crippen molar-refractivity contribution in [2.24, 2.45) is 5.92 Å². The number of carbonyl (C=O) groups is 1. The van der Waals surface area contributed by atoms with E-state index in [2.05, 4.69) is 10.2 Å². The third kappa shape index (κ3) is 5.14. The second kappa shape index (κ2) is 10.7. The number of likely N-dealkylation sites (N-methyl/N-ethyl adjacent to an activating group) is 1. The highest BCUT2D eigenvalue weighted by atomic mass is 19.1. The highest BCUT2D eigenvalue weighted by Crippen LogP contribution is 2.46. The maximum atomic E-state index is 14.8. The predicted molar refractivity (Wildman–Crippen MR) is 134 cm³/mol. The van der Waals surface area contributed by atoms with E-state index in [1.54, 1.807) is 38.1 Å². The number of hydrogen-bond acceptors (Lipinski definition) is 4. The summed E-state index contributed by atoms with van der Waals surface area (Å²) in [5.74, 6) is -1.78. The van der Waals surface area contributed by atoms with E-state index >= 15 is 0 Å². The van der Waals surface area contributed by atoms with Gasteiger partial charge in [-0.3, -0.25) is 4.79 Å². The van der Waals surface area contributed by atoms with Crippen LogP contribution in [0.25, 0.3) is 0 Å². The largest absolute Gasteiger partial charge is 0.508 e. The number of benzene rings is 3. The van der Waals surface area contributed by atoms with E-state index in [1.807, 2.05) is 19.2 Å². The van der Waals surface area contributed by atoms with Crippen LogP contribution in [0.2, 0.25) is 0 Å². The lowest BCUT2D eigenvalue weighted by atomic mass is 9.67. The number of nitrogens with one attached hydrogen (secondary N) is 1. The Balaban J connectivity index is 1.89. The Kier molecular flexibility index (Phi) is 7.63.